The van der Waals surface area contributed by atoms with Crippen molar-refractivity contribution in [2.24, 2.45) is 0 Å². The largest absolute Gasteiger partial charge is 0.465 e. The van der Waals surface area contributed by atoms with Gasteiger partial charge in [-0.2, -0.15) is 0 Å². The van der Waals surface area contributed by atoms with Crippen molar-refractivity contribution >= 4 is 11.7 Å². The van der Waals surface area contributed by atoms with E-state index in [-0.39, 0.29) is 6.09 Å². The lowest BCUT2D eigenvalue weighted by Gasteiger charge is -2.24. The first-order valence-electron chi connectivity index (χ1n) is 6.70. The van der Waals surface area contributed by atoms with Crippen molar-refractivity contribution in [2.75, 3.05) is 6.54 Å². The van der Waals surface area contributed by atoms with Gasteiger partial charge < -0.3 is 9.15 Å². The van der Waals surface area contributed by atoms with Gasteiger partial charge in [0.2, 0.25) is 0 Å². The molecule has 1 amide bonds. The van der Waals surface area contributed by atoms with E-state index in [9.17, 15) is 4.79 Å². The lowest BCUT2D eigenvalue weighted by atomic mass is 10.1. The summed E-state index contributed by atoms with van der Waals surface area (Å²) in [6, 6.07) is 3.78. The molecule has 0 fully saturated rings. The first-order chi connectivity index (χ1) is 8.96. The van der Waals surface area contributed by atoms with Gasteiger partial charge in [0, 0.05) is 18.3 Å². The fraction of sp³-hybridized carbons (Fsp3) is 0.533. The summed E-state index contributed by atoms with van der Waals surface area (Å²) in [5, 5.41) is 0. The van der Waals surface area contributed by atoms with Crippen LogP contribution in [0.3, 0.4) is 0 Å². The van der Waals surface area contributed by atoms with Gasteiger partial charge in [-0.1, -0.05) is 0 Å². The fourth-order valence-corrected chi connectivity index (χ4v) is 2.03. The Bertz CT molecular complexity index is 454. The van der Waals surface area contributed by atoms with Crippen LogP contribution in [0.2, 0.25) is 0 Å². The predicted octanol–water partition coefficient (Wildman–Crippen LogP) is 4.04. The Hall–Kier alpha value is -1.71. The van der Waals surface area contributed by atoms with Gasteiger partial charge in [-0.15, -0.1) is 0 Å². The van der Waals surface area contributed by atoms with Gasteiger partial charge in [-0.3, -0.25) is 4.90 Å². The van der Waals surface area contributed by atoms with Crippen LogP contribution in [-0.2, 0) is 4.74 Å². The maximum Gasteiger partial charge on any atom is 0.414 e. The summed E-state index contributed by atoms with van der Waals surface area (Å²) < 4.78 is 10.8. The molecule has 4 nitrogen and oxygen atoms in total. The molecular weight excluding hydrogens is 242 g/mol. The number of carbonyl (C=O) groups is 1. The van der Waals surface area contributed by atoms with E-state index >= 15 is 0 Å². The van der Waals surface area contributed by atoms with Gasteiger partial charge in [-0.25, -0.2) is 4.79 Å². The third-order valence-electron chi connectivity index (χ3n) is 2.87. The third-order valence-corrected chi connectivity index (χ3v) is 2.87. The van der Waals surface area contributed by atoms with Crippen LogP contribution in [0.1, 0.15) is 45.8 Å². The quantitative estimate of drug-likeness (QED) is 0.768. The van der Waals surface area contributed by atoms with E-state index in [1.165, 1.54) is 0 Å². The normalized spacial score (nSPS) is 16.8. The lowest BCUT2D eigenvalue weighted by molar-refractivity contribution is 0.0336. The van der Waals surface area contributed by atoms with Crippen LogP contribution in [-0.4, -0.2) is 23.1 Å². The van der Waals surface area contributed by atoms with Crippen molar-refractivity contribution < 1.29 is 13.9 Å². The van der Waals surface area contributed by atoms with Crippen LogP contribution in [0.15, 0.2) is 29.0 Å². The molecule has 19 heavy (non-hydrogen) atoms. The minimum atomic E-state index is -0.470. The van der Waals surface area contributed by atoms with Crippen molar-refractivity contribution in [2.45, 2.75) is 45.6 Å². The molecule has 1 aliphatic heterocycles. The lowest BCUT2D eigenvalue weighted by Crippen LogP contribution is -2.33. The smallest absolute Gasteiger partial charge is 0.414 e. The average Bonchev–Trinajstić information content (AvgIpc) is 2.71. The first-order valence-corrected chi connectivity index (χ1v) is 6.70. The Morgan fingerprint density at radius 2 is 2.16 bits per heavy atom. The molecule has 1 aromatic heterocycles. The van der Waals surface area contributed by atoms with Gasteiger partial charge in [0.25, 0.3) is 0 Å². The zero-order valence-electron chi connectivity index (χ0n) is 11.8. The van der Waals surface area contributed by atoms with E-state index in [2.05, 4.69) is 0 Å². The predicted molar refractivity (Wildman–Crippen MR) is 73.5 cm³/mol. The van der Waals surface area contributed by atoms with Crippen LogP contribution in [0.4, 0.5) is 4.79 Å². The zero-order chi connectivity index (χ0) is 13.9. The maximum atomic E-state index is 12.1. The van der Waals surface area contributed by atoms with E-state index < -0.39 is 5.60 Å². The molecule has 0 aromatic carbocycles. The second-order valence-electron chi connectivity index (χ2n) is 5.76. The topological polar surface area (TPSA) is 42.7 Å². The van der Waals surface area contributed by atoms with Crippen molar-refractivity contribution in [3.63, 3.8) is 0 Å². The molecule has 0 spiro atoms. The van der Waals surface area contributed by atoms with E-state index in [1.54, 1.807) is 11.2 Å². The molecule has 0 atom stereocenters. The molecule has 0 bridgehead atoms. The number of hydrogen-bond acceptors (Lipinski definition) is 3. The van der Waals surface area contributed by atoms with E-state index in [0.717, 1.165) is 30.6 Å². The van der Waals surface area contributed by atoms with E-state index in [1.807, 2.05) is 39.1 Å². The Morgan fingerprint density at radius 1 is 1.37 bits per heavy atom. The molecule has 0 unspecified atom stereocenters. The highest BCUT2D eigenvalue weighted by molar-refractivity contribution is 5.73. The van der Waals surface area contributed by atoms with E-state index in [0.29, 0.717) is 6.54 Å². The number of amides is 1. The van der Waals surface area contributed by atoms with Crippen LogP contribution in [0, 0.1) is 0 Å². The van der Waals surface area contributed by atoms with Gasteiger partial charge in [0.05, 0.1) is 6.26 Å². The molecule has 104 valence electrons. The molecule has 2 heterocycles. The fourth-order valence-electron chi connectivity index (χ4n) is 2.03. The molecule has 4 heteroatoms. The van der Waals surface area contributed by atoms with Gasteiger partial charge >= 0.3 is 6.09 Å². The minimum absolute atomic E-state index is 0.293. The summed E-state index contributed by atoms with van der Waals surface area (Å²) in [5.74, 6) is 0.829. The summed E-state index contributed by atoms with van der Waals surface area (Å²) in [5.41, 5.74) is 0.579. The molecule has 0 saturated heterocycles. The van der Waals surface area contributed by atoms with Crippen molar-refractivity contribution in [3.8, 4) is 0 Å². The number of ether oxygens (including phenoxy) is 1. The summed E-state index contributed by atoms with van der Waals surface area (Å²) in [4.78, 5) is 13.8. The third kappa shape index (κ3) is 3.88. The number of carbonyl (C=O) groups excluding carboxylic acids is 1. The van der Waals surface area contributed by atoms with Crippen LogP contribution in [0.5, 0.6) is 0 Å². The highest BCUT2D eigenvalue weighted by Crippen LogP contribution is 2.25. The highest BCUT2D eigenvalue weighted by atomic mass is 16.6. The standard InChI is InChI=1S/C15H21NO3/c1-15(2,3)19-14(17)16-9-5-4-7-12(11-16)13-8-6-10-18-13/h6,8,10-11H,4-5,7,9H2,1-3H3. The molecule has 0 radical (unpaired) electrons. The first kappa shape index (κ1) is 13.7. The minimum Gasteiger partial charge on any atom is -0.465 e. The van der Waals surface area contributed by atoms with Gasteiger partial charge in [0.15, 0.2) is 0 Å². The summed E-state index contributed by atoms with van der Waals surface area (Å²) in [6.07, 6.45) is 6.16. The molecule has 1 aliphatic rings. The number of allylic oxidation sites excluding steroid dienone is 1. The van der Waals surface area contributed by atoms with Gasteiger partial charge in [0.1, 0.15) is 11.4 Å². The van der Waals surface area contributed by atoms with Crippen LogP contribution < -0.4 is 0 Å². The summed E-state index contributed by atoms with van der Waals surface area (Å²) in [7, 11) is 0. The SMILES string of the molecule is CC(C)(C)OC(=O)N1C=C(c2ccco2)CCCC1. The Kier molecular flexibility index (Phi) is 3.98. The zero-order valence-corrected chi connectivity index (χ0v) is 11.8. The van der Waals surface area contributed by atoms with Crippen molar-refractivity contribution in [1.29, 1.82) is 0 Å². The average molecular weight is 263 g/mol. The van der Waals surface area contributed by atoms with Crippen LogP contribution >= 0.6 is 0 Å². The molecular formula is C15H21NO3. The van der Waals surface area contributed by atoms with Crippen molar-refractivity contribution in [1.82, 2.24) is 4.90 Å². The number of rotatable bonds is 1. The van der Waals surface area contributed by atoms with Gasteiger partial charge in [-0.05, 0) is 52.2 Å². The maximum absolute atomic E-state index is 12.1. The number of hydrogen-bond donors (Lipinski definition) is 0. The molecule has 0 aliphatic carbocycles. The molecule has 1 aromatic rings. The highest BCUT2D eigenvalue weighted by Gasteiger charge is 2.23. The monoisotopic (exact) mass is 263 g/mol. The van der Waals surface area contributed by atoms with E-state index in [4.69, 9.17) is 9.15 Å². The molecule has 2 rings (SSSR count). The second-order valence-corrected chi connectivity index (χ2v) is 5.76. The number of furan rings is 1. The molecule has 0 saturated carbocycles. The van der Waals surface area contributed by atoms with Crippen molar-refractivity contribution in [3.05, 3.63) is 30.4 Å². The number of nitrogens with zero attached hydrogens (tertiary/aromatic N) is 1. The summed E-state index contributed by atoms with van der Waals surface area (Å²) in [6.45, 7) is 6.32. The summed E-state index contributed by atoms with van der Waals surface area (Å²) >= 11 is 0. The Labute approximate surface area is 114 Å². The second kappa shape index (κ2) is 5.51. The molecule has 0 N–H and O–H groups in total. The Morgan fingerprint density at radius 3 is 2.79 bits per heavy atom. The Balaban J connectivity index is 2.15. The van der Waals surface area contributed by atoms with Crippen LogP contribution in [0.25, 0.3) is 5.57 Å².